The minimum Gasteiger partial charge on any atom is -0.406 e. The number of hydrogen-bond acceptors (Lipinski definition) is 4. The maximum Gasteiger partial charge on any atom is 0.573 e. The van der Waals surface area contributed by atoms with Crippen molar-refractivity contribution in [1.29, 1.82) is 0 Å². The third-order valence-corrected chi connectivity index (χ3v) is 5.46. The number of fused-ring (bicyclic) bond motifs is 1. The summed E-state index contributed by atoms with van der Waals surface area (Å²) in [7, 11) is 0. The van der Waals surface area contributed by atoms with E-state index in [4.69, 9.17) is 5.84 Å². The van der Waals surface area contributed by atoms with Crippen LogP contribution in [0.15, 0.2) is 85.1 Å². The molecule has 0 saturated heterocycles. The number of amides is 1. The zero-order valence-corrected chi connectivity index (χ0v) is 19.7. The Labute approximate surface area is 203 Å². The first kappa shape index (κ1) is 25.8. The molecule has 5 nitrogen and oxygen atoms in total. The lowest BCUT2D eigenvalue weighted by atomic mass is 10.0. The number of ether oxygens (including phenoxy) is 1. The highest BCUT2D eigenvalue weighted by Crippen LogP contribution is 2.29. The van der Waals surface area contributed by atoms with Crippen LogP contribution in [-0.2, 0) is 13.1 Å². The number of carbonyl (C=O) groups is 1. The number of carbonyl (C=O) groups excluding carboxylic acids is 1. The van der Waals surface area contributed by atoms with E-state index in [1.807, 2.05) is 50.4 Å². The molecule has 2 aromatic rings. The maximum absolute atomic E-state index is 12.8. The topological polar surface area (TPSA) is 58.8 Å². The SMILES string of the molecule is C=C/C(=C\C=C/C)CN(N)/C=C(\C)c1ccc2c(c1)CN(Cc1ccc(OC(F)(F)F)cc1)C2=O. The van der Waals surface area contributed by atoms with Crippen LogP contribution in [-0.4, -0.2) is 28.7 Å². The predicted octanol–water partition coefficient (Wildman–Crippen LogP) is 5.97. The van der Waals surface area contributed by atoms with E-state index in [9.17, 15) is 18.0 Å². The summed E-state index contributed by atoms with van der Waals surface area (Å²) in [5.41, 5.74) is 5.07. The lowest BCUT2D eigenvalue weighted by Crippen LogP contribution is -2.27. The van der Waals surface area contributed by atoms with Crippen molar-refractivity contribution in [3.63, 3.8) is 0 Å². The molecular weight excluding hydrogens is 455 g/mol. The van der Waals surface area contributed by atoms with Crippen LogP contribution in [0, 0.1) is 0 Å². The van der Waals surface area contributed by atoms with Crippen molar-refractivity contribution in [3.05, 3.63) is 107 Å². The van der Waals surface area contributed by atoms with E-state index >= 15 is 0 Å². The van der Waals surface area contributed by atoms with Crippen molar-refractivity contribution < 1.29 is 22.7 Å². The molecular formula is C27H28F3N3O2. The number of allylic oxidation sites excluding steroid dienone is 4. The highest BCUT2D eigenvalue weighted by Gasteiger charge is 2.31. The van der Waals surface area contributed by atoms with Gasteiger partial charge in [0.05, 0.1) is 6.54 Å². The summed E-state index contributed by atoms with van der Waals surface area (Å²) in [6.45, 7) is 8.88. The van der Waals surface area contributed by atoms with Gasteiger partial charge in [-0.3, -0.25) is 4.79 Å². The summed E-state index contributed by atoms with van der Waals surface area (Å²) >= 11 is 0. The molecule has 0 bridgehead atoms. The first-order valence-corrected chi connectivity index (χ1v) is 11.0. The van der Waals surface area contributed by atoms with Crippen LogP contribution in [0.5, 0.6) is 5.75 Å². The monoisotopic (exact) mass is 483 g/mol. The average molecular weight is 484 g/mol. The molecule has 1 amide bonds. The summed E-state index contributed by atoms with van der Waals surface area (Å²) < 4.78 is 40.9. The zero-order valence-electron chi connectivity index (χ0n) is 19.7. The van der Waals surface area contributed by atoms with E-state index in [2.05, 4.69) is 11.3 Å². The van der Waals surface area contributed by atoms with Crippen LogP contribution in [0.4, 0.5) is 13.2 Å². The molecule has 1 aliphatic rings. The van der Waals surface area contributed by atoms with Crippen LogP contribution in [0.25, 0.3) is 5.57 Å². The van der Waals surface area contributed by atoms with Gasteiger partial charge in [0.15, 0.2) is 0 Å². The molecule has 2 N–H and O–H groups in total. The standard InChI is InChI=1S/C27H28F3N3O2/c1-4-6-7-20(5-2)17-33(31)15-19(3)22-10-13-25-23(14-22)18-32(26(25)34)16-21-8-11-24(12-9-21)35-27(28,29)30/h4-15H,2,16-18,31H2,1,3H3/b6-4-,19-15+,20-7+. The normalized spacial score (nSPS) is 14.5. The Morgan fingerprint density at radius 3 is 2.57 bits per heavy atom. The summed E-state index contributed by atoms with van der Waals surface area (Å²) in [5, 5.41) is 1.59. The molecule has 3 rings (SSSR count). The van der Waals surface area contributed by atoms with E-state index in [1.165, 1.54) is 24.3 Å². The largest absolute Gasteiger partial charge is 0.573 e. The van der Waals surface area contributed by atoms with Crippen molar-refractivity contribution in [2.24, 2.45) is 5.84 Å². The van der Waals surface area contributed by atoms with Crippen LogP contribution in [0.1, 0.15) is 40.9 Å². The quantitative estimate of drug-likeness (QED) is 0.271. The van der Waals surface area contributed by atoms with E-state index in [0.29, 0.717) is 24.2 Å². The highest BCUT2D eigenvalue weighted by molar-refractivity contribution is 5.98. The number of hydrogen-bond donors (Lipinski definition) is 1. The molecule has 184 valence electrons. The van der Waals surface area contributed by atoms with Gasteiger partial charge in [-0.2, -0.15) is 0 Å². The van der Waals surface area contributed by atoms with Gasteiger partial charge < -0.3 is 14.6 Å². The molecule has 0 unspecified atom stereocenters. The fourth-order valence-corrected chi connectivity index (χ4v) is 3.76. The van der Waals surface area contributed by atoms with Crippen molar-refractivity contribution in [2.45, 2.75) is 33.3 Å². The van der Waals surface area contributed by atoms with Gasteiger partial charge in [0.1, 0.15) is 5.75 Å². The van der Waals surface area contributed by atoms with Gasteiger partial charge in [0.2, 0.25) is 0 Å². The van der Waals surface area contributed by atoms with Crippen LogP contribution in [0.3, 0.4) is 0 Å². The third kappa shape index (κ3) is 7.10. The first-order chi connectivity index (χ1) is 16.6. The Bertz CT molecular complexity index is 1170. The van der Waals surface area contributed by atoms with Gasteiger partial charge in [-0.05, 0) is 65.9 Å². The lowest BCUT2D eigenvalue weighted by Gasteiger charge is -2.16. The smallest absolute Gasteiger partial charge is 0.406 e. The molecule has 0 aromatic heterocycles. The van der Waals surface area contributed by atoms with E-state index in [0.717, 1.165) is 22.3 Å². The van der Waals surface area contributed by atoms with E-state index < -0.39 is 6.36 Å². The molecule has 8 heteroatoms. The van der Waals surface area contributed by atoms with Gasteiger partial charge in [0, 0.05) is 24.9 Å². The second-order valence-corrected chi connectivity index (χ2v) is 8.18. The Kier molecular flexibility index (Phi) is 8.19. The first-order valence-electron chi connectivity index (χ1n) is 11.0. The maximum atomic E-state index is 12.8. The highest BCUT2D eigenvalue weighted by atomic mass is 19.4. The number of benzene rings is 2. The fraction of sp³-hybridized carbons (Fsp3) is 0.222. The fourth-order valence-electron chi connectivity index (χ4n) is 3.76. The molecule has 35 heavy (non-hydrogen) atoms. The Morgan fingerprint density at radius 2 is 1.94 bits per heavy atom. The van der Waals surface area contributed by atoms with Crippen LogP contribution < -0.4 is 10.6 Å². The molecule has 0 atom stereocenters. The number of rotatable bonds is 9. The molecule has 0 saturated carbocycles. The number of alkyl halides is 3. The van der Waals surface area contributed by atoms with Gasteiger partial charge in [-0.15, -0.1) is 13.2 Å². The third-order valence-electron chi connectivity index (χ3n) is 5.46. The molecule has 0 aliphatic carbocycles. The summed E-state index contributed by atoms with van der Waals surface area (Å²) in [6.07, 6.45) is 4.66. The van der Waals surface area contributed by atoms with Crippen LogP contribution >= 0.6 is 0 Å². The van der Waals surface area contributed by atoms with Gasteiger partial charge in [-0.1, -0.05) is 49.1 Å². The summed E-state index contributed by atoms with van der Waals surface area (Å²) in [6, 6.07) is 11.2. The molecule has 1 aliphatic heterocycles. The number of hydrazine groups is 1. The van der Waals surface area contributed by atoms with Crippen LogP contribution in [0.2, 0.25) is 0 Å². The van der Waals surface area contributed by atoms with E-state index in [1.54, 1.807) is 22.1 Å². The van der Waals surface area contributed by atoms with Gasteiger partial charge in [0.25, 0.3) is 5.91 Å². The minimum absolute atomic E-state index is 0.117. The molecule has 0 fully saturated rings. The minimum atomic E-state index is -4.74. The van der Waals surface area contributed by atoms with Crippen molar-refractivity contribution in [3.8, 4) is 5.75 Å². The molecule has 0 radical (unpaired) electrons. The summed E-state index contributed by atoms with van der Waals surface area (Å²) in [5.74, 6) is 5.75. The van der Waals surface area contributed by atoms with Gasteiger partial charge >= 0.3 is 6.36 Å². The van der Waals surface area contributed by atoms with Crippen molar-refractivity contribution >= 4 is 11.5 Å². The second kappa shape index (κ2) is 11.1. The Morgan fingerprint density at radius 1 is 1.23 bits per heavy atom. The Balaban J connectivity index is 1.68. The van der Waals surface area contributed by atoms with Crippen molar-refractivity contribution in [1.82, 2.24) is 9.91 Å². The predicted molar refractivity (Wildman–Crippen MR) is 131 cm³/mol. The molecule has 2 aromatic carbocycles. The van der Waals surface area contributed by atoms with E-state index in [-0.39, 0.29) is 18.2 Å². The molecule has 0 spiro atoms. The zero-order chi connectivity index (χ0) is 25.6. The number of nitrogens with two attached hydrogens (primary N) is 1. The number of nitrogens with zero attached hydrogens (tertiary/aromatic N) is 2. The molecule has 1 heterocycles. The lowest BCUT2D eigenvalue weighted by molar-refractivity contribution is -0.274. The van der Waals surface area contributed by atoms with Gasteiger partial charge in [-0.25, -0.2) is 5.84 Å². The number of halogens is 3. The Hall–Kier alpha value is -3.78. The average Bonchev–Trinajstić information content (AvgIpc) is 3.11. The second-order valence-electron chi connectivity index (χ2n) is 8.18. The van der Waals surface area contributed by atoms with Crippen molar-refractivity contribution in [2.75, 3.05) is 6.54 Å². The summed E-state index contributed by atoms with van der Waals surface area (Å²) in [4.78, 5) is 14.5.